The summed E-state index contributed by atoms with van der Waals surface area (Å²) >= 11 is 0. The number of hydrogen-bond donors (Lipinski definition) is 2. The van der Waals surface area contributed by atoms with Crippen molar-refractivity contribution in [2.45, 2.75) is 25.5 Å². The van der Waals surface area contributed by atoms with E-state index in [1.807, 2.05) is 0 Å². The van der Waals surface area contributed by atoms with Gasteiger partial charge in [0.1, 0.15) is 0 Å². The zero-order valence-electron chi connectivity index (χ0n) is 5.82. The second-order valence-electron chi connectivity index (χ2n) is 2.67. The van der Waals surface area contributed by atoms with E-state index in [1.54, 1.807) is 6.92 Å². The van der Waals surface area contributed by atoms with Gasteiger partial charge in [-0.1, -0.05) is 0 Å². The number of likely N-dealkylation sites (tertiary alicyclic amines) is 1. The molecule has 1 heterocycles. The minimum absolute atomic E-state index is 0.0347. The zero-order valence-corrected chi connectivity index (χ0v) is 5.82. The molecule has 1 amide bonds. The van der Waals surface area contributed by atoms with Gasteiger partial charge in [-0.15, -0.1) is 0 Å². The van der Waals surface area contributed by atoms with Crippen molar-refractivity contribution in [2.24, 2.45) is 0 Å². The fraction of sp³-hybridized carbons (Fsp3) is 0.833. The minimum Gasteiger partial charge on any atom is -0.465 e. The summed E-state index contributed by atoms with van der Waals surface area (Å²) in [6.45, 7) is 2.06. The van der Waals surface area contributed by atoms with Crippen LogP contribution in [0.2, 0.25) is 0 Å². The van der Waals surface area contributed by atoms with Crippen molar-refractivity contribution in [2.75, 3.05) is 6.54 Å². The van der Waals surface area contributed by atoms with Crippen molar-refractivity contribution in [1.82, 2.24) is 4.90 Å². The number of carbonyl (C=O) groups is 1. The molecule has 0 aromatic carbocycles. The maximum atomic E-state index is 10.4. The molecule has 58 valence electrons. The molecule has 1 saturated heterocycles. The Kier molecular flexibility index (Phi) is 1.80. The van der Waals surface area contributed by atoms with Crippen LogP contribution in [0.25, 0.3) is 0 Å². The predicted molar refractivity (Wildman–Crippen MR) is 34.8 cm³/mol. The predicted octanol–water partition coefficient (Wildman–Crippen LogP) is 0.120. The van der Waals surface area contributed by atoms with Gasteiger partial charge in [0.25, 0.3) is 0 Å². The van der Waals surface area contributed by atoms with Crippen molar-refractivity contribution in [3.63, 3.8) is 0 Å². The van der Waals surface area contributed by atoms with Gasteiger partial charge in [-0.3, -0.25) is 0 Å². The van der Waals surface area contributed by atoms with E-state index in [0.29, 0.717) is 6.42 Å². The number of β-amino-alcohol motifs (C(OH)–C–C–N with tert-alkyl or cyclic N) is 1. The summed E-state index contributed by atoms with van der Waals surface area (Å²) in [5.41, 5.74) is 0. The van der Waals surface area contributed by atoms with E-state index in [1.165, 1.54) is 4.90 Å². The lowest BCUT2D eigenvalue weighted by Crippen LogP contribution is -2.32. The highest BCUT2D eigenvalue weighted by Crippen LogP contribution is 2.16. The topological polar surface area (TPSA) is 60.8 Å². The highest BCUT2D eigenvalue weighted by atomic mass is 16.4. The molecule has 0 aromatic rings. The molecule has 1 fully saturated rings. The molecule has 2 atom stereocenters. The quantitative estimate of drug-likeness (QED) is 0.509. The molecule has 0 saturated carbocycles. The molecule has 2 N–H and O–H groups in total. The van der Waals surface area contributed by atoms with Gasteiger partial charge in [-0.25, -0.2) is 4.79 Å². The van der Waals surface area contributed by atoms with Crippen LogP contribution in [0.3, 0.4) is 0 Å². The van der Waals surface area contributed by atoms with Crippen LogP contribution >= 0.6 is 0 Å². The number of rotatable bonds is 0. The van der Waals surface area contributed by atoms with Crippen molar-refractivity contribution < 1.29 is 15.0 Å². The van der Waals surface area contributed by atoms with E-state index in [9.17, 15) is 4.79 Å². The van der Waals surface area contributed by atoms with Gasteiger partial charge in [0, 0.05) is 6.04 Å². The van der Waals surface area contributed by atoms with Crippen molar-refractivity contribution in [3.05, 3.63) is 0 Å². The molecule has 1 aliphatic heterocycles. The second-order valence-corrected chi connectivity index (χ2v) is 2.67. The van der Waals surface area contributed by atoms with Gasteiger partial charge in [-0.2, -0.15) is 0 Å². The lowest BCUT2D eigenvalue weighted by Gasteiger charge is -2.15. The van der Waals surface area contributed by atoms with Crippen LogP contribution < -0.4 is 0 Å². The smallest absolute Gasteiger partial charge is 0.407 e. The Morgan fingerprint density at radius 1 is 1.70 bits per heavy atom. The van der Waals surface area contributed by atoms with Gasteiger partial charge in [0.05, 0.1) is 12.6 Å². The first-order valence-corrected chi connectivity index (χ1v) is 3.29. The van der Waals surface area contributed by atoms with Gasteiger partial charge >= 0.3 is 6.09 Å². The molecule has 0 aromatic heterocycles. The van der Waals surface area contributed by atoms with E-state index < -0.39 is 12.2 Å². The molecule has 0 radical (unpaired) electrons. The van der Waals surface area contributed by atoms with Crippen LogP contribution in [0, 0.1) is 0 Å². The Morgan fingerprint density at radius 2 is 2.30 bits per heavy atom. The summed E-state index contributed by atoms with van der Waals surface area (Å²) in [7, 11) is 0. The number of amides is 1. The molecular weight excluding hydrogens is 134 g/mol. The summed E-state index contributed by atoms with van der Waals surface area (Å²) < 4.78 is 0. The van der Waals surface area contributed by atoms with E-state index >= 15 is 0 Å². The first-order valence-electron chi connectivity index (χ1n) is 3.29. The van der Waals surface area contributed by atoms with Crippen LogP contribution in [-0.4, -0.2) is 39.9 Å². The molecule has 0 spiro atoms. The average Bonchev–Trinajstić information content (AvgIpc) is 2.10. The third-order valence-corrected chi connectivity index (χ3v) is 1.80. The molecule has 1 aliphatic rings. The largest absolute Gasteiger partial charge is 0.465 e. The average molecular weight is 145 g/mol. The Hall–Kier alpha value is -0.770. The monoisotopic (exact) mass is 145 g/mol. The number of hydrogen-bond acceptors (Lipinski definition) is 2. The molecule has 1 rings (SSSR count). The van der Waals surface area contributed by atoms with Gasteiger partial charge in [0.15, 0.2) is 0 Å². The lowest BCUT2D eigenvalue weighted by molar-refractivity contribution is 0.133. The third-order valence-electron chi connectivity index (χ3n) is 1.80. The molecule has 4 heteroatoms. The molecule has 0 aliphatic carbocycles. The Balaban J connectivity index is 2.54. The lowest BCUT2D eigenvalue weighted by atomic mass is 10.2. The Bertz CT molecular complexity index is 148. The molecular formula is C6H11NO3. The molecule has 0 bridgehead atoms. The number of carboxylic acid groups (broad SMARTS) is 1. The summed E-state index contributed by atoms with van der Waals surface area (Å²) in [4.78, 5) is 11.6. The van der Waals surface area contributed by atoms with Gasteiger partial charge < -0.3 is 15.1 Å². The summed E-state index contributed by atoms with van der Waals surface area (Å²) in [6.07, 6.45) is -0.845. The highest BCUT2D eigenvalue weighted by molar-refractivity contribution is 5.65. The van der Waals surface area contributed by atoms with Gasteiger partial charge in [-0.05, 0) is 13.3 Å². The highest BCUT2D eigenvalue weighted by Gasteiger charge is 2.30. The first-order chi connectivity index (χ1) is 4.61. The van der Waals surface area contributed by atoms with Crippen LogP contribution in [0.4, 0.5) is 4.79 Å². The molecule has 0 unspecified atom stereocenters. The first kappa shape index (κ1) is 7.34. The van der Waals surface area contributed by atoms with E-state index in [4.69, 9.17) is 10.2 Å². The van der Waals surface area contributed by atoms with Crippen molar-refractivity contribution in [3.8, 4) is 0 Å². The van der Waals surface area contributed by atoms with Crippen LogP contribution in [0.5, 0.6) is 0 Å². The SMILES string of the molecule is C[C@H]1C[C@@H](O)CN1C(=O)O. The normalized spacial score (nSPS) is 32.8. The van der Waals surface area contributed by atoms with E-state index in [2.05, 4.69) is 0 Å². The Morgan fingerprint density at radius 3 is 2.50 bits per heavy atom. The van der Waals surface area contributed by atoms with E-state index in [0.717, 1.165) is 0 Å². The Labute approximate surface area is 59.1 Å². The molecule has 10 heavy (non-hydrogen) atoms. The summed E-state index contributed by atoms with van der Waals surface area (Å²) in [5, 5.41) is 17.5. The zero-order chi connectivity index (χ0) is 7.72. The summed E-state index contributed by atoms with van der Waals surface area (Å²) in [5.74, 6) is 0. The third kappa shape index (κ3) is 1.21. The standard InChI is InChI=1S/C6H11NO3/c1-4-2-5(8)3-7(4)6(9)10/h4-5,8H,2-3H2,1H3,(H,9,10)/t4-,5+/m0/s1. The van der Waals surface area contributed by atoms with E-state index in [-0.39, 0.29) is 12.6 Å². The van der Waals surface area contributed by atoms with Crippen molar-refractivity contribution >= 4 is 6.09 Å². The number of nitrogens with zero attached hydrogens (tertiary/aromatic N) is 1. The van der Waals surface area contributed by atoms with Crippen molar-refractivity contribution in [1.29, 1.82) is 0 Å². The number of aliphatic hydroxyl groups is 1. The maximum absolute atomic E-state index is 10.4. The fourth-order valence-electron chi connectivity index (χ4n) is 1.27. The van der Waals surface area contributed by atoms with Crippen LogP contribution in [0.1, 0.15) is 13.3 Å². The second kappa shape index (κ2) is 2.46. The number of aliphatic hydroxyl groups excluding tert-OH is 1. The molecule has 4 nitrogen and oxygen atoms in total. The fourth-order valence-corrected chi connectivity index (χ4v) is 1.27. The minimum atomic E-state index is -0.941. The maximum Gasteiger partial charge on any atom is 0.407 e. The summed E-state index contributed by atoms with van der Waals surface area (Å²) in [6, 6.07) is -0.0347. The van der Waals surface area contributed by atoms with Gasteiger partial charge in [0.2, 0.25) is 0 Å². The van der Waals surface area contributed by atoms with Crippen LogP contribution in [0.15, 0.2) is 0 Å². The van der Waals surface area contributed by atoms with Crippen LogP contribution in [-0.2, 0) is 0 Å².